The van der Waals surface area contributed by atoms with E-state index in [4.69, 9.17) is 5.73 Å². The van der Waals surface area contributed by atoms with Crippen LogP contribution in [-0.2, 0) is 4.79 Å². The number of pyridine rings is 1. The monoisotopic (exact) mass is 249 g/mol. The van der Waals surface area contributed by atoms with Crippen LogP contribution in [0.25, 0.3) is 0 Å². The Bertz CT molecular complexity index is 467. The van der Waals surface area contributed by atoms with Gasteiger partial charge in [0.1, 0.15) is 5.75 Å². The smallest absolute Gasteiger partial charge is 0.276 e. The number of aromatic nitrogens is 1. The third kappa shape index (κ3) is 2.42. The zero-order chi connectivity index (χ0) is 13.1. The number of nitrogens with two attached hydrogens (primary N) is 1. The number of carbonyl (C=O) groups excluding carboxylic acids is 2. The van der Waals surface area contributed by atoms with Crippen LogP contribution in [0.15, 0.2) is 18.3 Å². The van der Waals surface area contributed by atoms with Crippen LogP contribution in [0.4, 0.5) is 0 Å². The lowest BCUT2D eigenvalue weighted by Crippen LogP contribution is -2.42. The van der Waals surface area contributed by atoms with Crippen molar-refractivity contribution in [1.82, 2.24) is 9.88 Å². The van der Waals surface area contributed by atoms with Gasteiger partial charge < -0.3 is 15.7 Å². The molecular weight excluding hydrogens is 234 g/mol. The quantitative estimate of drug-likeness (QED) is 0.778. The number of piperidine rings is 1. The van der Waals surface area contributed by atoms with Crippen molar-refractivity contribution in [1.29, 1.82) is 0 Å². The number of primary amides is 1. The number of hydrogen-bond acceptors (Lipinski definition) is 4. The van der Waals surface area contributed by atoms with Crippen molar-refractivity contribution < 1.29 is 14.7 Å². The van der Waals surface area contributed by atoms with E-state index >= 15 is 0 Å². The van der Waals surface area contributed by atoms with Gasteiger partial charge in [0.2, 0.25) is 5.91 Å². The Morgan fingerprint density at radius 1 is 1.39 bits per heavy atom. The molecule has 1 aromatic heterocycles. The second kappa shape index (κ2) is 5.03. The lowest BCUT2D eigenvalue weighted by molar-refractivity contribution is -0.123. The summed E-state index contributed by atoms with van der Waals surface area (Å²) in [6.45, 7) is 0.922. The molecule has 96 valence electrons. The first kappa shape index (κ1) is 12.3. The number of likely N-dealkylation sites (tertiary alicyclic amines) is 1. The number of carbonyl (C=O) groups is 2. The molecule has 1 aliphatic heterocycles. The molecule has 2 heterocycles. The van der Waals surface area contributed by atoms with Gasteiger partial charge in [0, 0.05) is 25.2 Å². The highest BCUT2D eigenvalue weighted by Crippen LogP contribution is 2.21. The van der Waals surface area contributed by atoms with E-state index in [1.165, 1.54) is 12.3 Å². The van der Waals surface area contributed by atoms with E-state index < -0.39 is 0 Å². The predicted octanol–water partition coefficient (Wildman–Crippen LogP) is 0.125. The molecule has 0 spiro atoms. The molecule has 1 saturated heterocycles. The Balaban J connectivity index is 2.04. The molecule has 18 heavy (non-hydrogen) atoms. The maximum atomic E-state index is 12.1. The average molecular weight is 249 g/mol. The van der Waals surface area contributed by atoms with E-state index in [9.17, 15) is 14.7 Å². The SMILES string of the molecule is NC(=O)C1CCN(C(=O)c2ncccc2O)CC1. The lowest BCUT2D eigenvalue weighted by Gasteiger charge is -2.30. The summed E-state index contributed by atoms with van der Waals surface area (Å²) in [5.41, 5.74) is 5.28. The Morgan fingerprint density at radius 2 is 2.06 bits per heavy atom. The molecule has 6 heteroatoms. The van der Waals surface area contributed by atoms with Crippen LogP contribution >= 0.6 is 0 Å². The summed E-state index contributed by atoms with van der Waals surface area (Å²) in [5, 5.41) is 9.57. The number of amides is 2. The summed E-state index contributed by atoms with van der Waals surface area (Å²) >= 11 is 0. The average Bonchev–Trinajstić information content (AvgIpc) is 2.38. The van der Waals surface area contributed by atoms with E-state index in [0.29, 0.717) is 25.9 Å². The van der Waals surface area contributed by atoms with Gasteiger partial charge in [0.25, 0.3) is 5.91 Å². The Hall–Kier alpha value is -2.11. The van der Waals surface area contributed by atoms with Gasteiger partial charge in [-0.25, -0.2) is 4.98 Å². The second-order valence-electron chi connectivity index (χ2n) is 4.34. The normalized spacial score (nSPS) is 16.6. The van der Waals surface area contributed by atoms with Crippen molar-refractivity contribution in [3.8, 4) is 5.75 Å². The molecule has 0 bridgehead atoms. The Labute approximate surface area is 104 Å². The van der Waals surface area contributed by atoms with Crippen LogP contribution in [-0.4, -0.2) is 39.9 Å². The van der Waals surface area contributed by atoms with Crippen LogP contribution < -0.4 is 5.73 Å². The van der Waals surface area contributed by atoms with Gasteiger partial charge in [-0.2, -0.15) is 0 Å². The fourth-order valence-electron chi connectivity index (χ4n) is 2.08. The number of rotatable bonds is 2. The number of aromatic hydroxyl groups is 1. The van der Waals surface area contributed by atoms with Crippen molar-refractivity contribution in [2.45, 2.75) is 12.8 Å². The first-order valence-electron chi connectivity index (χ1n) is 5.82. The molecule has 0 atom stereocenters. The lowest BCUT2D eigenvalue weighted by atomic mass is 9.96. The largest absolute Gasteiger partial charge is 0.505 e. The minimum atomic E-state index is -0.317. The van der Waals surface area contributed by atoms with Crippen molar-refractivity contribution in [3.05, 3.63) is 24.0 Å². The van der Waals surface area contributed by atoms with Crippen molar-refractivity contribution in [2.75, 3.05) is 13.1 Å². The second-order valence-corrected chi connectivity index (χ2v) is 4.34. The Morgan fingerprint density at radius 3 is 2.61 bits per heavy atom. The first-order valence-corrected chi connectivity index (χ1v) is 5.82. The summed E-state index contributed by atoms with van der Waals surface area (Å²) in [6.07, 6.45) is 2.59. The summed E-state index contributed by atoms with van der Waals surface area (Å²) in [5.74, 6) is -0.912. The topological polar surface area (TPSA) is 96.5 Å². The highest BCUT2D eigenvalue weighted by Gasteiger charge is 2.27. The highest BCUT2D eigenvalue weighted by atomic mass is 16.3. The van der Waals surface area contributed by atoms with E-state index in [1.807, 2.05) is 0 Å². The summed E-state index contributed by atoms with van der Waals surface area (Å²) < 4.78 is 0. The minimum absolute atomic E-state index is 0.0509. The zero-order valence-corrected chi connectivity index (χ0v) is 9.87. The summed E-state index contributed by atoms with van der Waals surface area (Å²) in [4.78, 5) is 28.6. The van der Waals surface area contributed by atoms with Gasteiger partial charge in [-0.3, -0.25) is 9.59 Å². The molecule has 0 radical (unpaired) electrons. The molecule has 6 nitrogen and oxygen atoms in total. The molecule has 0 aromatic carbocycles. The van der Waals surface area contributed by atoms with Gasteiger partial charge in [0.15, 0.2) is 5.69 Å². The van der Waals surface area contributed by atoms with Gasteiger partial charge in [-0.05, 0) is 25.0 Å². The Kier molecular flexibility index (Phi) is 3.45. The molecule has 1 aliphatic rings. The number of hydrogen-bond donors (Lipinski definition) is 2. The molecule has 3 N–H and O–H groups in total. The van der Waals surface area contributed by atoms with E-state index in [1.54, 1.807) is 11.0 Å². The minimum Gasteiger partial charge on any atom is -0.505 e. The van der Waals surface area contributed by atoms with Crippen LogP contribution in [0, 0.1) is 5.92 Å². The molecule has 1 fully saturated rings. The van der Waals surface area contributed by atoms with Gasteiger partial charge in [-0.1, -0.05) is 0 Å². The third-order valence-electron chi connectivity index (χ3n) is 3.17. The van der Waals surface area contributed by atoms with E-state index in [-0.39, 0.29) is 29.2 Å². The molecular formula is C12H15N3O3. The fourth-order valence-corrected chi connectivity index (χ4v) is 2.08. The summed E-state index contributed by atoms with van der Waals surface area (Å²) in [6, 6.07) is 2.99. The molecule has 0 aliphatic carbocycles. The van der Waals surface area contributed by atoms with Crippen molar-refractivity contribution >= 4 is 11.8 Å². The van der Waals surface area contributed by atoms with Crippen molar-refractivity contribution in [3.63, 3.8) is 0 Å². The van der Waals surface area contributed by atoms with Crippen LogP contribution in [0.2, 0.25) is 0 Å². The highest BCUT2D eigenvalue weighted by molar-refractivity contribution is 5.95. The molecule has 1 aromatic rings. The van der Waals surface area contributed by atoms with Gasteiger partial charge in [0.05, 0.1) is 0 Å². The van der Waals surface area contributed by atoms with E-state index in [0.717, 1.165) is 0 Å². The first-order chi connectivity index (χ1) is 8.59. The molecule has 2 amide bonds. The van der Waals surface area contributed by atoms with Crippen LogP contribution in [0.1, 0.15) is 23.3 Å². The summed E-state index contributed by atoms with van der Waals surface area (Å²) in [7, 11) is 0. The molecule has 0 saturated carbocycles. The fraction of sp³-hybridized carbons (Fsp3) is 0.417. The van der Waals surface area contributed by atoms with Gasteiger partial charge in [-0.15, -0.1) is 0 Å². The number of nitrogens with zero attached hydrogens (tertiary/aromatic N) is 2. The molecule has 0 unspecified atom stereocenters. The molecule has 2 rings (SSSR count). The van der Waals surface area contributed by atoms with Crippen LogP contribution in [0.3, 0.4) is 0 Å². The standard InChI is InChI=1S/C12H15N3O3/c13-11(17)8-3-6-15(7-4-8)12(18)10-9(16)2-1-5-14-10/h1-2,5,8,16H,3-4,6-7H2,(H2,13,17). The van der Waals surface area contributed by atoms with E-state index in [2.05, 4.69) is 4.98 Å². The predicted molar refractivity (Wildman–Crippen MR) is 63.7 cm³/mol. The van der Waals surface area contributed by atoms with Gasteiger partial charge >= 0.3 is 0 Å². The third-order valence-corrected chi connectivity index (χ3v) is 3.17. The maximum Gasteiger partial charge on any atom is 0.276 e. The zero-order valence-electron chi connectivity index (χ0n) is 9.87. The maximum absolute atomic E-state index is 12.1. The van der Waals surface area contributed by atoms with Crippen molar-refractivity contribution in [2.24, 2.45) is 11.7 Å². The van der Waals surface area contributed by atoms with Crippen LogP contribution in [0.5, 0.6) is 5.75 Å².